The molecule has 1 aromatic heterocycles. The number of aliphatic carboxylic acids is 1. The highest BCUT2D eigenvalue weighted by Crippen LogP contribution is 2.34. The lowest BCUT2D eigenvalue weighted by atomic mass is 9.89. The van der Waals surface area contributed by atoms with Crippen molar-refractivity contribution in [2.24, 2.45) is 0 Å². The summed E-state index contributed by atoms with van der Waals surface area (Å²) in [6.07, 6.45) is 7.42. The van der Waals surface area contributed by atoms with Crippen molar-refractivity contribution in [2.75, 3.05) is 18.0 Å². The Bertz CT molecular complexity index is 701. The molecule has 0 unspecified atom stereocenters. The number of carbonyl (C=O) groups excluding carboxylic acids is 1. The van der Waals surface area contributed by atoms with E-state index in [1.807, 2.05) is 20.8 Å². The maximum atomic E-state index is 13.2. The van der Waals surface area contributed by atoms with Crippen molar-refractivity contribution in [3.8, 4) is 0 Å². The van der Waals surface area contributed by atoms with Gasteiger partial charge in [0, 0.05) is 18.8 Å². The number of carboxylic acids is 1. The van der Waals surface area contributed by atoms with E-state index >= 15 is 0 Å². The molecule has 2 rings (SSSR count). The lowest BCUT2D eigenvalue weighted by molar-refractivity contribution is -0.131. The third-order valence-corrected chi connectivity index (χ3v) is 4.69. The number of nitrogens with zero attached hydrogens (tertiary/aromatic N) is 2. The van der Waals surface area contributed by atoms with Gasteiger partial charge in [-0.15, -0.1) is 0 Å². The summed E-state index contributed by atoms with van der Waals surface area (Å²) < 4.78 is 5.71. The van der Waals surface area contributed by atoms with Gasteiger partial charge in [-0.2, -0.15) is 0 Å². The van der Waals surface area contributed by atoms with Gasteiger partial charge in [0.2, 0.25) is 0 Å². The number of amides is 1. The third-order valence-electron chi connectivity index (χ3n) is 4.69. The van der Waals surface area contributed by atoms with Crippen LogP contribution < -0.4 is 10.2 Å². The van der Waals surface area contributed by atoms with E-state index < -0.39 is 17.7 Å². The highest BCUT2D eigenvalue weighted by Gasteiger charge is 2.44. The largest absolute Gasteiger partial charge is 0.478 e. The topological polar surface area (TPSA) is 91.8 Å². The molecule has 2 heterocycles. The van der Waals surface area contributed by atoms with Crippen LogP contribution in [0.2, 0.25) is 0 Å². The quantitative estimate of drug-likeness (QED) is 0.689. The first kappa shape index (κ1) is 21.9. The van der Waals surface area contributed by atoms with Gasteiger partial charge in [-0.05, 0) is 63.9 Å². The number of hydrogen-bond donors (Lipinski definition) is 2. The normalized spacial score (nSPS) is 19.7. The van der Waals surface area contributed by atoms with Crippen molar-refractivity contribution in [1.82, 2.24) is 10.3 Å². The van der Waals surface area contributed by atoms with Crippen LogP contribution in [-0.4, -0.2) is 46.4 Å². The molecule has 1 aliphatic rings. The summed E-state index contributed by atoms with van der Waals surface area (Å²) in [5, 5.41) is 12.2. The fourth-order valence-electron chi connectivity index (χ4n) is 3.39. The number of carboxylic acid groups (broad SMARTS) is 1. The summed E-state index contributed by atoms with van der Waals surface area (Å²) in [5.41, 5.74) is -0.344. The summed E-state index contributed by atoms with van der Waals surface area (Å²) in [6.45, 7) is 9.21. The Morgan fingerprint density at radius 1 is 1.39 bits per heavy atom. The van der Waals surface area contributed by atoms with E-state index in [1.165, 1.54) is 6.08 Å². The van der Waals surface area contributed by atoms with Crippen molar-refractivity contribution >= 4 is 24.0 Å². The van der Waals surface area contributed by atoms with Crippen LogP contribution in [0, 0.1) is 0 Å². The van der Waals surface area contributed by atoms with Crippen LogP contribution in [0.5, 0.6) is 0 Å². The van der Waals surface area contributed by atoms with Gasteiger partial charge in [0.25, 0.3) is 0 Å². The molecule has 2 N–H and O–H groups in total. The average Bonchev–Trinajstić information content (AvgIpc) is 3.07. The standard InChI is InChI=1S/C21H31N3O4/c1-5-6-11-21(12-13-22-15-21)24(19(27)28-20(2,3)4)17-9-7-16(14-23-17)8-10-18(25)26/h7-10,14,22H,5-6,11-13,15H2,1-4H3,(H,25,26)/b10-8+/t21-/m1/s1. The van der Waals surface area contributed by atoms with Crippen LogP contribution in [0.3, 0.4) is 0 Å². The molecule has 1 amide bonds. The Kier molecular flexibility index (Phi) is 7.18. The van der Waals surface area contributed by atoms with Gasteiger partial charge in [0.15, 0.2) is 0 Å². The van der Waals surface area contributed by atoms with Crippen LogP contribution in [0.25, 0.3) is 6.08 Å². The molecule has 154 valence electrons. The molecular weight excluding hydrogens is 358 g/mol. The number of nitrogens with one attached hydrogen (secondary N) is 1. The number of rotatable bonds is 7. The predicted molar refractivity (Wildman–Crippen MR) is 109 cm³/mol. The highest BCUT2D eigenvalue weighted by molar-refractivity contribution is 5.89. The molecule has 7 heteroatoms. The van der Waals surface area contributed by atoms with E-state index in [9.17, 15) is 9.59 Å². The second-order valence-electron chi connectivity index (χ2n) is 8.19. The Morgan fingerprint density at radius 2 is 2.14 bits per heavy atom. The summed E-state index contributed by atoms with van der Waals surface area (Å²) >= 11 is 0. The summed E-state index contributed by atoms with van der Waals surface area (Å²) in [5.74, 6) is -0.503. The van der Waals surface area contributed by atoms with Gasteiger partial charge in [0.05, 0.1) is 5.54 Å². The van der Waals surface area contributed by atoms with Gasteiger partial charge < -0.3 is 15.2 Å². The number of carbonyl (C=O) groups is 2. The number of unbranched alkanes of at least 4 members (excludes halogenated alkanes) is 1. The fraction of sp³-hybridized carbons (Fsp3) is 0.571. The molecule has 1 fully saturated rings. The molecule has 0 aliphatic carbocycles. The molecule has 0 bridgehead atoms. The Hall–Kier alpha value is -2.41. The van der Waals surface area contributed by atoms with Gasteiger partial charge in [-0.25, -0.2) is 14.6 Å². The zero-order valence-electron chi connectivity index (χ0n) is 17.2. The SMILES string of the molecule is CCCC[C@@]1(N(C(=O)OC(C)(C)C)c2ccc(/C=C/C(=O)O)cn2)CCNC1. The molecule has 1 saturated heterocycles. The number of anilines is 1. The number of hydrogen-bond acceptors (Lipinski definition) is 5. The van der Waals surface area contributed by atoms with E-state index in [2.05, 4.69) is 17.2 Å². The monoisotopic (exact) mass is 389 g/mol. The van der Waals surface area contributed by atoms with Crippen LogP contribution in [-0.2, 0) is 9.53 Å². The fourth-order valence-corrected chi connectivity index (χ4v) is 3.39. The Morgan fingerprint density at radius 3 is 2.64 bits per heavy atom. The van der Waals surface area contributed by atoms with E-state index in [4.69, 9.17) is 9.84 Å². The Labute approximate surface area is 166 Å². The maximum Gasteiger partial charge on any atom is 0.416 e. The first-order valence-corrected chi connectivity index (χ1v) is 9.78. The molecule has 1 atom stereocenters. The van der Waals surface area contributed by atoms with Gasteiger partial charge in [-0.3, -0.25) is 4.90 Å². The molecule has 0 spiro atoms. The van der Waals surface area contributed by atoms with Crippen molar-refractivity contribution in [3.05, 3.63) is 30.0 Å². The number of ether oxygens (including phenoxy) is 1. The first-order valence-electron chi connectivity index (χ1n) is 9.78. The van der Waals surface area contributed by atoms with Crippen LogP contribution >= 0.6 is 0 Å². The van der Waals surface area contributed by atoms with E-state index in [1.54, 1.807) is 23.2 Å². The smallest absolute Gasteiger partial charge is 0.416 e. The predicted octanol–water partition coefficient (Wildman–Crippen LogP) is 3.84. The zero-order chi connectivity index (χ0) is 20.8. The minimum atomic E-state index is -1.02. The second kappa shape index (κ2) is 9.19. The minimum Gasteiger partial charge on any atom is -0.478 e. The summed E-state index contributed by atoms with van der Waals surface area (Å²) in [7, 11) is 0. The average molecular weight is 389 g/mol. The zero-order valence-corrected chi connectivity index (χ0v) is 17.2. The number of aromatic nitrogens is 1. The molecular formula is C21H31N3O4. The van der Waals surface area contributed by atoms with E-state index in [-0.39, 0.29) is 5.54 Å². The summed E-state index contributed by atoms with van der Waals surface area (Å²) in [6, 6.07) is 3.51. The van der Waals surface area contributed by atoms with Gasteiger partial charge in [0.1, 0.15) is 11.4 Å². The van der Waals surface area contributed by atoms with Crippen LogP contribution in [0.15, 0.2) is 24.4 Å². The molecule has 0 aromatic carbocycles. The molecule has 7 nitrogen and oxygen atoms in total. The van der Waals surface area contributed by atoms with Gasteiger partial charge in [-0.1, -0.05) is 19.8 Å². The second-order valence-corrected chi connectivity index (χ2v) is 8.19. The summed E-state index contributed by atoms with van der Waals surface area (Å²) in [4.78, 5) is 30.0. The third kappa shape index (κ3) is 5.79. The van der Waals surface area contributed by atoms with Crippen molar-refractivity contribution in [1.29, 1.82) is 0 Å². The molecule has 1 aliphatic heterocycles. The van der Waals surface area contributed by atoms with Crippen LogP contribution in [0.4, 0.5) is 10.6 Å². The lowest BCUT2D eigenvalue weighted by Gasteiger charge is -2.40. The van der Waals surface area contributed by atoms with E-state index in [0.29, 0.717) is 17.9 Å². The molecule has 28 heavy (non-hydrogen) atoms. The first-order chi connectivity index (χ1) is 13.2. The van der Waals surface area contributed by atoms with Gasteiger partial charge >= 0.3 is 12.1 Å². The maximum absolute atomic E-state index is 13.2. The highest BCUT2D eigenvalue weighted by atomic mass is 16.6. The molecule has 0 saturated carbocycles. The molecule has 1 aromatic rings. The van der Waals surface area contributed by atoms with Crippen molar-refractivity contribution in [3.63, 3.8) is 0 Å². The van der Waals surface area contributed by atoms with Crippen molar-refractivity contribution < 1.29 is 19.4 Å². The Balaban J connectivity index is 2.40. The van der Waals surface area contributed by atoms with E-state index in [0.717, 1.165) is 38.3 Å². The molecule has 0 radical (unpaired) electrons. The minimum absolute atomic E-state index is 0.385. The van der Waals surface area contributed by atoms with Crippen LogP contribution in [0.1, 0.15) is 58.9 Å². The number of pyridine rings is 1. The van der Waals surface area contributed by atoms with Crippen molar-refractivity contribution in [2.45, 2.75) is 64.5 Å². The lowest BCUT2D eigenvalue weighted by Crippen LogP contribution is -2.55.